The predicted molar refractivity (Wildman–Crippen MR) is 76.9 cm³/mol. The molecule has 1 unspecified atom stereocenters. The summed E-state index contributed by atoms with van der Waals surface area (Å²) in [4.78, 5) is 0. The summed E-state index contributed by atoms with van der Waals surface area (Å²) in [7, 11) is 3.39. The van der Waals surface area contributed by atoms with Crippen LogP contribution in [0.1, 0.15) is 12.5 Å². The summed E-state index contributed by atoms with van der Waals surface area (Å²) in [6, 6.07) is 8.40. The molecule has 1 rings (SSSR count). The number of hydrogen-bond acceptors (Lipinski definition) is 4. The van der Waals surface area contributed by atoms with Crippen molar-refractivity contribution in [3.63, 3.8) is 0 Å². The number of nitrogens with one attached hydrogen (secondary N) is 1. The molecule has 0 heterocycles. The van der Waals surface area contributed by atoms with Crippen LogP contribution in [0, 0.1) is 0 Å². The fraction of sp³-hybridized carbons (Fsp3) is 0.600. The van der Waals surface area contributed by atoms with E-state index in [-0.39, 0.29) is 6.04 Å². The van der Waals surface area contributed by atoms with Gasteiger partial charge in [0.15, 0.2) is 0 Å². The van der Waals surface area contributed by atoms with E-state index in [4.69, 9.17) is 14.2 Å². The largest absolute Gasteiger partial charge is 0.496 e. The second-order valence-corrected chi connectivity index (χ2v) is 4.34. The number of benzene rings is 1. The first-order valence-corrected chi connectivity index (χ1v) is 6.73. The molecule has 0 aromatic heterocycles. The highest BCUT2D eigenvalue weighted by Gasteiger charge is 2.11. The van der Waals surface area contributed by atoms with Gasteiger partial charge in [0.1, 0.15) is 5.75 Å². The first kappa shape index (κ1) is 16.0. The number of hydrogen-bond donors (Lipinski definition) is 1. The average molecular weight is 267 g/mol. The molecule has 0 aliphatic heterocycles. The van der Waals surface area contributed by atoms with E-state index in [2.05, 4.69) is 18.3 Å². The molecule has 0 aliphatic rings. The molecular formula is C15H25NO3. The summed E-state index contributed by atoms with van der Waals surface area (Å²) in [5, 5.41) is 3.44. The van der Waals surface area contributed by atoms with Crippen LogP contribution in [0.5, 0.6) is 5.75 Å². The van der Waals surface area contributed by atoms with Crippen LogP contribution in [0.15, 0.2) is 24.3 Å². The Kier molecular flexibility index (Phi) is 8.21. The summed E-state index contributed by atoms with van der Waals surface area (Å²) in [5.74, 6) is 0.933. The fourth-order valence-corrected chi connectivity index (χ4v) is 1.98. The molecule has 0 amide bonds. The maximum atomic E-state index is 5.61. The van der Waals surface area contributed by atoms with Gasteiger partial charge in [0.05, 0.1) is 26.9 Å². The highest BCUT2D eigenvalue weighted by molar-refractivity contribution is 5.33. The number of likely N-dealkylation sites (N-methyl/N-ethyl adjacent to an activating group) is 1. The molecule has 0 radical (unpaired) electrons. The Morgan fingerprint density at radius 3 is 2.63 bits per heavy atom. The molecule has 1 aromatic rings. The fourth-order valence-electron chi connectivity index (χ4n) is 1.98. The van der Waals surface area contributed by atoms with Crippen molar-refractivity contribution in [1.29, 1.82) is 0 Å². The Morgan fingerprint density at radius 1 is 1.16 bits per heavy atom. The van der Waals surface area contributed by atoms with Crippen LogP contribution in [0.4, 0.5) is 0 Å². The molecule has 1 aromatic carbocycles. The van der Waals surface area contributed by atoms with Crippen LogP contribution in [0.2, 0.25) is 0 Å². The van der Waals surface area contributed by atoms with Gasteiger partial charge in [0.2, 0.25) is 0 Å². The van der Waals surface area contributed by atoms with E-state index in [1.807, 2.05) is 18.2 Å². The number of rotatable bonds is 10. The second kappa shape index (κ2) is 9.78. The molecule has 4 heteroatoms. The maximum absolute atomic E-state index is 5.61. The van der Waals surface area contributed by atoms with E-state index in [9.17, 15) is 0 Å². The van der Waals surface area contributed by atoms with Gasteiger partial charge in [-0.1, -0.05) is 25.1 Å². The third kappa shape index (κ3) is 6.05. The first-order chi connectivity index (χ1) is 9.31. The van der Waals surface area contributed by atoms with Crippen molar-refractivity contribution in [3.05, 3.63) is 29.8 Å². The van der Waals surface area contributed by atoms with Crippen LogP contribution in [0.25, 0.3) is 0 Å². The van der Waals surface area contributed by atoms with Gasteiger partial charge in [0.25, 0.3) is 0 Å². The van der Waals surface area contributed by atoms with Gasteiger partial charge >= 0.3 is 0 Å². The summed E-state index contributed by atoms with van der Waals surface area (Å²) >= 11 is 0. The summed E-state index contributed by atoms with van der Waals surface area (Å²) in [6.07, 6.45) is 0.894. The van der Waals surface area contributed by atoms with E-state index in [0.29, 0.717) is 19.8 Å². The van der Waals surface area contributed by atoms with Crippen molar-refractivity contribution in [2.45, 2.75) is 19.4 Å². The van der Waals surface area contributed by atoms with Crippen molar-refractivity contribution >= 4 is 0 Å². The minimum absolute atomic E-state index is 0.290. The molecule has 19 heavy (non-hydrogen) atoms. The average Bonchev–Trinajstić information content (AvgIpc) is 2.44. The number of methoxy groups -OCH3 is 2. The van der Waals surface area contributed by atoms with Crippen LogP contribution in [-0.4, -0.2) is 46.6 Å². The maximum Gasteiger partial charge on any atom is 0.122 e. The SMILES string of the molecule is CCNC(COCCOC)Cc1ccccc1OC. The highest BCUT2D eigenvalue weighted by Crippen LogP contribution is 2.19. The van der Waals surface area contributed by atoms with Gasteiger partial charge in [-0.2, -0.15) is 0 Å². The standard InChI is InChI=1S/C15H25NO3/c1-4-16-14(12-19-10-9-17-2)11-13-7-5-6-8-15(13)18-3/h5-8,14,16H,4,9-12H2,1-3H3. The van der Waals surface area contributed by atoms with E-state index in [0.717, 1.165) is 18.7 Å². The van der Waals surface area contributed by atoms with Gasteiger partial charge in [-0.3, -0.25) is 0 Å². The van der Waals surface area contributed by atoms with E-state index < -0.39 is 0 Å². The van der Waals surface area contributed by atoms with Crippen LogP contribution in [0.3, 0.4) is 0 Å². The molecule has 0 saturated carbocycles. The van der Waals surface area contributed by atoms with Gasteiger partial charge in [-0.15, -0.1) is 0 Å². The summed E-state index contributed by atoms with van der Waals surface area (Å²) in [6.45, 7) is 4.96. The van der Waals surface area contributed by atoms with E-state index >= 15 is 0 Å². The van der Waals surface area contributed by atoms with Crippen molar-refractivity contribution in [3.8, 4) is 5.75 Å². The van der Waals surface area contributed by atoms with Crippen molar-refractivity contribution in [2.75, 3.05) is 40.6 Å². The Labute approximate surface area is 116 Å². The van der Waals surface area contributed by atoms with Gasteiger partial charge in [-0.05, 0) is 24.6 Å². The predicted octanol–water partition coefficient (Wildman–Crippen LogP) is 1.88. The molecule has 0 aliphatic carbocycles. The highest BCUT2D eigenvalue weighted by atomic mass is 16.5. The zero-order valence-electron chi connectivity index (χ0n) is 12.1. The van der Waals surface area contributed by atoms with Crippen LogP contribution < -0.4 is 10.1 Å². The van der Waals surface area contributed by atoms with Gasteiger partial charge < -0.3 is 19.5 Å². The molecular weight excluding hydrogens is 242 g/mol. The minimum Gasteiger partial charge on any atom is -0.496 e. The lowest BCUT2D eigenvalue weighted by molar-refractivity contribution is 0.0589. The van der Waals surface area contributed by atoms with Crippen molar-refractivity contribution in [1.82, 2.24) is 5.32 Å². The van der Waals surface area contributed by atoms with E-state index in [1.54, 1.807) is 14.2 Å². The zero-order valence-corrected chi connectivity index (χ0v) is 12.1. The topological polar surface area (TPSA) is 39.7 Å². The zero-order chi connectivity index (χ0) is 13.9. The Hall–Kier alpha value is -1.10. The molecule has 0 spiro atoms. The van der Waals surface area contributed by atoms with Crippen molar-refractivity contribution in [2.24, 2.45) is 0 Å². The van der Waals surface area contributed by atoms with Crippen molar-refractivity contribution < 1.29 is 14.2 Å². The van der Waals surface area contributed by atoms with Gasteiger partial charge in [-0.25, -0.2) is 0 Å². The quantitative estimate of drug-likeness (QED) is 0.657. The normalized spacial score (nSPS) is 12.4. The number of para-hydroxylation sites is 1. The van der Waals surface area contributed by atoms with E-state index in [1.165, 1.54) is 5.56 Å². The van der Waals surface area contributed by atoms with Crippen LogP contribution >= 0.6 is 0 Å². The lowest BCUT2D eigenvalue weighted by atomic mass is 10.1. The Morgan fingerprint density at radius 2 is 1.95 bits per heavy atom. The third-order valence-corrected chi connectivity index (χ3v) is 2.90. The molecule has 4 nitrogen and oxygen atoms in total. The first-order valence-electron chi connectivity index (χ1n) is 6.73. The summed E-state index contributed by atoms with van der Waals surface area (Å²) < 4.78 is 16.0. The molecule has 0 bridgehead atoms. The Bertz CT molecular complexity index is 344. The van der Waals surface area contributed by atoms with Gasteiger partial charge in [0, 0.05) is 13.2 Å². The third-order valence-electron chi connectivity index (χ3n) is 2.90. The minimum atomic E-state index is 0.290. The molecule has 1 N–H and O–H groups in total. The smallest absolute Gasteiger partial charge is 0.122 e. The molecule has 1 atom stereocenters. The van der Waals surface area contributed by atoms with Crippen LogP contribution in [-0.2, 0) is 15.9 Å². The Balaban J connectivity index is 2.51. The number of ether oxygens (including phenoxy) is 3. The lowest BCUT2D eigenvalue weighted by Gasteiger charge is -2.19. The monoisotopic (exact) mass is 267 g/mol. The second-order valence-electron chi connectivity index (χ2n) is 4.34. The molecule has 0 fully saturated rings. The molecule has 108 valence electrons. The molecule has 0 saturated heterocycles. The summed E-state index contributed by atoms with van der Waals surface area (Å²) in [5.41, 5.74) is 1.20. The lowest BCUT2D eigenvalue weighted by Crippen LogP contribution is -2.35.